The van der Waals surface area contributed by atoms with Crippen molar-refractivity contribution in [2.45, 2.75) is 193 Å². The molecule has 0 aliphatic rings. The summed E-state index contributed by atoms with van der Waals surface area (Å²) in [5.41, 5.74) is 0. The van der Waals surface area contributed by atoms with E-state index >= 15 is 0 Å². The van der Waals surface area contributed by atoms with E-state index in [-0.39, 0.29) is 5.24 Å². The molecule has 198 valence electrons. The molecule has 0 aromatic carbocycles. The molecule has 0 saturated heterocycles. The molecule has 0 amide bonds. The van der Waals surface area contributed by atoms with E-state index in [2.05, 4.69) is 6.92 Å². The van der Waals surface area contributed by atoms with Crippen molar-refractivity contribution in [3.63, 3.8) is 0 Å². The maximum Gasteiger partial charge on any atom is 0.221 e. The molecular formula is C31H61ClO. The van der Waals surface area contributed by atoms with Gasteiger partial charge in [-0.3, -0.25) is 4.79 Å². The van der Waals surface area contributed by atoms with Crippen LogP contribution in [0.15, 0.2) is 0 Å². The van der Waals surface area contributed by atoms with Crippen LogP contribution in [-0.4, -0.2) is 5.24 Å². The van der Waals surface area contributed by atoms with Crippen LogP contribution in [0.25, 0.3) is 0 Å². The van der Waals surface area contributed by atoms with Crippen LogP contribution in [0.3, 0.4) is 0 Å². The predicted molar refractivity (Wildman–Crippen MR) is 150 cm³/mol. The number of carbonyl (C=O) groups is 1. The van der Waals surface area contributed by atoms with Gasteiger partial charge in [0.05, 0.1) is 0 Å². The van der Waals surface area contributed by atoms with Gasteiger partial charge >= 0.3 is 0 Å². The molecule has 0 aromatic rings. The van der Waals surface area contributed by atoms with Gasteiger partial charge in [-0.25, -0.2) is 0 Å². The van der Waals surface area contributed by atoms with Crippen molar-refractivity contribution < 1.29 is 4.79 Å². The summed E-state index contributed by atoms with van der Waals surface area (Å²) < 4.78 is 0. The second kappa shape index (κ2) is 30.0. The van der Waals surface area contributed by atoms with E-state index in [1.165, 1.54) is 167 Å². The van der Waals surface area contributed by atoms with Crippen LogP contribution < -0.4 is 0 Å². The molecule has 0 unspecified atom stereocenters. The van der Waals surface area contributed by atoms with Crippen LogP contribution in [0.2, 0.25) is 0 Å². The maximum absolute atomic E-state index is 10.7. The highest BCUT2D eigenvalue weighted by atomic mass is 35.5. The van der Waals surface area contributed by atoms with Crippen molar-refractivity contribution in [1.29, 1.82) is 0 Å². The van der Waals surface area contributed by atoms with Gasteiger partial charge in [0.1, 0.15) is 0 Å². The van der Waals surface area contributed by atoms with Crippen LogP contribution in [0.4, 0.5) is 0 Å². The average molecular weight is 485 g/mol. The molecule has 2 heteroatoms. The van der Waals surface area contributed by atoms with Crippen LogP contribution in [0, 0.1) is 0 Å². The molecule has 0 N–H and O–H groups in total. The number of hydrogen-bond donors (Lipinski definition) is 0. The van der Waals surface area contributed by atoms with Crippen molar-refractivity contribution in [2.24, 2.45) is 0 Å². The van der Waals surface area contributed by atoms with Crippen molar-refractivity contribution in [2.75, 3.05) is 0 Å². The van der Waals surface area contributed by atoms with Crippen molar-refractivity contribution in [3.05, 3.63) is 0 Å². The number of carbonyl (C=O) groups excluding carboxylic acids is 1. The Hall–Kier alpha value is -0.0400. The van der Waals surface area contributed by atoms with E-state index in [0.29, 0.717) is 6.42 Å². The highest BCUT2D eigenvalue weighted by Gasteiger charge is 1.98. The van der Waals surface area contributed by atoms with Crippen molar-refractivity contribution >= 4 is 16.8 Å². The van der Waals surface area contributed by atoms with Gasteiger partial charge in [0.25, 0.3) is 0 Å². The van der Waals surface area contributed by atoms with E-state index in [0.717, 1.165) is 12.8 Å². The summed E-state index contributed by atoms with van der Waals surface area (Å²) in [6.07, 6.45) is 40.1. The number of unbranched alkanes of at least 4 members (excludes halogenated alkanes) is 27. The van der Waals surface area contributed by atoms with Gasteiger partial charge in [-0.1, -0.05) is 180 Å². The summed E-state index contributed by atoms with van der Waals surface area (Å²) in [6.45, 7) is 2.30. The molecule has 0 spiro atoms. The predicted octanol–water partition coefficient (Wildman–Crippen LogP) is 12.1. The Morgan fingerprint density at radius 1 is 0.364 bits per heavy atom. The Morgan fingerprint density at radius 3 is 0.727 bits per heavy atom. The third-order valence-corrected chi connectivity index (χ3v) is 7.42. The summed E-state index contributed by atoms with van der Waals surface area (Å²) in [5, 5.41) is -0.176. The Morgan fingerprint density at radius 2 is 0.545 bits per heavy atom. The van der Waals surface area contributed by atoms with E-state index in [1.54, 1.807) is 0 Å². The SMILES string of the molecule is CCCCCCCCCCCCCCCCCCCCCCCCCCCCCCC(=O)Cl. The number of rotatable bonds is 29. The quantitative estimate of drug-likeness (QED) is 0.0761. The zero-order valence-electron chi connectivity index (χ0n) is 22.8. The zero-order chi connectivity index (χ0) is 24.1. The molecule has 0 fully saturated rings. The first kappa shape index (κ1) is 33.0. The molecule has 0 atom stereocenters. The summed E-state index contributed by atoms with van der Waals surface area (Å²) in [7, 11) is 0. The lowest BCUT2D eigenvalue weighted by molar-refractivity contribution is -0.111. The highest BCUT2D eigenvalue weighted by molar-refractivity contribution is 6.63. The lowest BCUT2D eigenvalue weighted by Gasteiger charge is -2.04. The Balaban J connectivity index is 3.01. The lowest BCUT2D eigenvalue weighted by atomic mass is 10.0. The fraction of sp³-hybridized carbons (Fsp3) is 0.968. The van der Waals surface area contributed by atoms with Crippen LogP contribution in [0.5, 0.6) is 0 Å². The molecule has 0 rings (SSSR count). The number of hydrogen-bond acceptors (Lipinski definition) is 1. The first-order valence-corrected chi connectivity index (χ1v) is 15.8. The van der Waals surface area contributed by atoms with E-state index < -0.39 is 0 Å². The fourth-order valence-corrected chi connectivity index (χ4v) is 5.07. The van der Waals surface area contributed by atoms with Gasteiger partial charge < -0.3 is 0 Å². The smallest absolute Gasteiger partial charge is 0.221 e. The molecule has 33 heavy (non-hydrogen) atoms. The van der Waals surface area contributed by atoms with Crippen molar-refractivity contribution in [1.82, 2.24) is 0 Å². The lowest BCUT2D eigenvalue weighted by Crippen LogP contribution is -1.86. The molecule has 0 bridgehead atoms. The van der Waals surface area contributed by atoms with E-state index in [1.807, 2.05) is 0 Å². The van der Waals surface area contributed by atoms with Gasteiger partial charge in [-0.05, 0) is 18.0 Å². The highest BCUT2D eigenvalue weighted by Crippen LogP contribution is 2.16. The minimum absolute atomic E-state index is 0.176. The molecule has 0 radical (unpaired) electrons. The maximum atomic E-state index is 10.7. The average Bonchev–Trinajstić information content (AvgIpc) is 2.80. The zero-order valence-corrected chi connectivity index (χ0v) is 23.5. The minimum Gasteiger partial charge on any atom is -0.281 e. The monoisotopic (exact) mass is 484 g/mol. The Labute approximate surface area is 214 Å². The summed E-state index contributed by atoms with van der Waals surface area (Å²) >= 11 is 5.35. The normalized spacial score (nSPS) is 11.3. The van der Waals surface area contributed by atoms with Crippen molar-refractivity contribution in [3.8, 4) is 0 Å². The second-order valence-corrected chi connectivity index (χ2v) is 11.1. The molecule has 0 heterocycles. The molecule has 0 aromatic heterocycles. The van der Waals surface area contributed by atoms with Crippen LogP contribution in [0.1, 0.15) is 193 Å². The largest absolute Gasteiger partial charge is 0.281 e. The Kier molecular flexibility index (Phi) is 30.0. The first-order chi connectivity index (χ1) is 16.3. The number of halogens is 1. The molecular weight excluding hydrogens is 424 g/mol. The topological polar surface area (TPSA) is 17.1 Å². The van der Waals surface area contributed by atoms with Crippen LogP contribution >= 0.6 is 11.6 Å². The van der Waals surface area contributed by atoms with Gasteiger partial charge in [0, 0.05) is 6.42 Å². The molecule has 0 aliphatic heterocycles. The third kappa shape index (κ3) is 32.0. The molecule has 0 saturated carbocycles. The van der Waals surface area contributed by atoms with Gasteiger partial charge in [0.15, 0.2) is 0 Å². The van der Waals surface area contributed by atoms with E-state index in [9.17, 15) is 4.79 Å². The standard InChI is InChI=1S/C31H61ClO/c1-2-3-4-5-6-7-8-9-10-11-12-13-14-15-16-17-18-19-20-21-22-23-24-25-26-27-28-29-30-31(32)33/h2-30H2,1H3. The summed E-state index contributed by atoms with van der Waals surface area (Å²) in [5.74, 6) is 0. The van der Waals surface area contributed by atoms with Crippen LogP contribution in [-0.2, 0) is 4.79 Å². The molecule has 1 nitrogen and oxygen atoms in total. The minimum atomic E-state index is -0.176. The third-order valence-electron chi connectivity index (χ3n) is 7.23. The Bertz CT molecular complexity index is 368. The summed E-state index contributed by atoms with van der Waals surface area (Å²) in [6, 6.07) is 0. The van der Waals surface area contributed by atoms with E-state index in [4.69, 9.17) is 11.6 Å². The van der Waals surface area contributed by atoms with Gasteiger partial charge in [0.2, 0.25) is 5.24 Å². The summed E-state index contributed by atoms with van der Waals surface area (Å²) in [4.78, 5) is 10.7. The van der Waals surface area contributed by atoms with Gasteiger partial charge in [-0.2, -0.15) is 0 Å². The fourth-order valence-electron chi connectivity index (χ4n) is 4.93. The van der Waals surface area contributed by atoms with Gasteiger partial charge in [-0.15, -0.1) is 0 Å². The first-order valence-electron chi connectivity index (χ1n) is 15.5. The molecule has 0 aliphatic carbocycles. The second-order valence-electron chi connectivity index (χ2n) is 10.7.